The number of aromatic nitrogens is 3. The van der Waals surface area contributed by atoms with E-state index in [2.05, 4.69) is 10.1 Å². The highest BCUT2D eigenvalue weighted by Gasteiger charge is 2.29. The number of aryl methyl sites for hydroxylation is 1. The third-order valence-electron chi connectivity index (χ3n) is 4.14. The maximum atomic E-state index is 12.5. The van der Waals surface area contributed by atoms with Crippen molar-refractivity contribution in [3.63, 3.8) is 0 Å². The minimum absolute atomic E-state index is 0.195. The largest absolute Gasteiger partial charge is 0.390 e. The van der Waals surface area contributed by atoms with Crippen molar-refractivity contribution in [2.45, 2.75) is 31.5 Å². The van der Waals surface area contributed by atoms with Crippen LogP contribution >= 0.6 is 0 Å². The Balaban J connectivity index is 1.60. The van der Waals surface area contributed by atoms with Crippen LogP contribution < -0.4 is 0 Å². The standard InChI is InChI=1S/C16H17F3N4O/c17-16(18,19)4-7-23-11-14(9-21-23)15(24)22-6-3-13(10-22)12-2-1-5-20-8-12/h1-2,5,8-9,11,13H,3-4,6-7,10H2/t13-/m0/s1. The molecule has 0 saturated carbocycles. The highest BCUT2D eigenvalue weighted by molar-refractivity contribution is 5.94. The summed E-state index contributed by atoms with van der Waals surface area (Å²) in [7, 11) is 0. The van der Waals surface area contributed by atoms with Crippen molar-refractivity contribution in [3.8, 4) is 0 Å². The van der Waals surface area contributed by atoms with Crippen LogP contribution in [0.2, 0.25) is 0 Å². The molecule has 8 heteroatoms. The van der Waals surface area contributed by atoms with Crippen molar-refractivity contribution in [2.75, 3.05) is 13.1 Å². The van der Waals surface area contributed by atoms with Crippen LogP contribution in [0.1, 0.15) is 34.7 Å². The van der Waals surface area contributed by atoms with Crippen molar-refractivity contribution >= 4 is 5.91 Å². The van der Waals surface area contributed by atoms with Crippen molar-refractivity contribution < 1.29 is 18.0 Å². The second-order valence-corrected chi connectivity index (χ2v) is 5.88. The van der Waals surface area contributed by atoms with E-state index in [1.165, 1.54) is 12.4 Å². The Labute approximate surface area is 137 Å². The molecule has 1 fully saturated rings. The zero-order valence-electron chi connectivity index (χ0n) is 12.9. The Kier molecular flexibility index (Phi) is 4.55. The van der Waals surface area contributed by atoms with Gasteiger partial charge < -0.3 is 4.90 Å². The molecule has 1 saturated heterocycles. The van der Waals surface area contributed by atoms with Crippen LogP contribution in [0.5, 0.6) is 0 Å². The maximum absolute atomic E-state index is 12.5. The molecule has 1 atom stereocenters. The molecule has 0 N–H and O–H groups in total. The Morgan fingerprint density at radius 1 is 1.33 bits per heavy atom. The van der Waals surface area contributed by atoms with E-state index in [1.54, 1.807) is 17.3 Å². The van der Waals surface area contributed by atoms with E-state index >= 15 is 0 Å². The molecule has 0 unspecified atom stereocenters. The van der Waals surface area contributed by atoms with Gasteiger partial charge in [0.15, 0.2) is 0 Å². The molecule has 0 spiro atoms. The third kappa shape index (κ3) is 3.93. The first-order chi connectivity index (χ1) is 11.4. The molecule has 128 valence electrons. The highest BCUT2D eigenvalue weighted by Crippen LogP contribution is 2.27. The lowest BCUT2D eigenvalue weighted by molar-refractivity contribution is -0.137. The molecule has 5 nitrogen and oxygen atoms in total. The molecule has 3 heterocycles. The maximum Gasteiger partial charge on any atom is 0.390 e. The number of alkyl halides is 3. The quantitative estimate of drug-likeness (QED) is 0.861. The summed E-state index contributed by atoms with van der Waals surface area (Å²) in [5, 5.41) is 3.85. The molecule has 0 bridgehead atoms. The summed E-state index contributed by atoms with van der Waals surface area (Å²) in [5.74, 6) is 0.0440. The molecule has 1 aliphatic heterocycles. The number of hydrogen-bond donors (Lipinski definition) is 0. The Hall–Kier alpha value is -2.38. The van der Waals surface area contributed by atoms with Gasteiger partial charge in [0.05, 0.1) is 18.2 Å². The number of carbonyl (C=O) groups is 1. The normalized spacial score (nSPS) is 18.1. The summed E-state index contributed by atoms with van der Waals surface area (Å²) in [6, 6.07) is 3.85. The smallest absolute Gasteiger partial charge is 0.338 e. The summed E-state index contributed by atoms with van der Waals surface area (Å²) in [5.41, 5.74) is 1.41. The number of pyridine rings is 1. The molecule has 1 aliphatic rings. The number of rotatable bonds is 4. The van der Waals surface area contributed by atoms with Gasteiger partial charge in [-0.2, -0.15) is 18.3 Å². The van der Waals surface area contributed by atoms with Crippen LogP contribution in [-0.2, 0) is 6.54 Å². The molecule has 2 aromatic rings. The van der Waals surface area contributed by atoms with Crippen LogP contribution in [-0.4, -0.2) is 44.8 Å². The average molecular weight is 338 g/mol. The summed E-state index contributed by atoms with van der Waals surface area (Å²) < 4.78 is 37.9. The zero-order valence-corrected chi connectivity index (χ0v) is 12.9. The zero-order chi connectivity index (χ0) is 17.2. The first-order valence-electron chi connectivity index (χ1n) is 7.71. The summed E-state index contributed by atoms with van der Waals surface area (Å²) >= 11 is 0. The van der Waals surface area contributed by atoms with Crippen LogP contribution in [0.3, 0.4) is 0 Å². The fourth-order valence-corrected chi connectivity index (χ4v) is 2.85. The lowest BCUT2D eigenvalue weighted by Gasteiger charge is -2.15. The Morgan fingerprint density at radius 3 is 2.88 bits per heavy atom. The number of amides is 1. The summed E-state index contributed by atoms with van der Waals surface area (Å²) in [6.07, 6.45) is 1.86. The monoisotopic (exact) mass is 338 g/mol. The van der Waals surface area contributed by atoms with Crippen LogP contribution in [0.15, 0.2) is 36.9 Å². The Morgan fingerprint density at radius 2 is 2.17 bits per heavy atom. The summed E-state index contributed by atoms with van der Waals surface area (Å²) in [4.78, 5) is 18.3. The topological polar surface area (TPSA) is 51.0 Å². The first-order valence-corrected chi connectivity index (χ1v) is 7.71. The van der Waals surface area contributed by atoms with Crippen LogP contribution in [0.25, 0.3) is 0 Å². The van der Waals surface area contributed by atoms with E-state index in [1.807, 2.05) is 12.1 Å². The minimum atomic E-state index is -4.23. The fourth-order valence-electron chi connectivity index (χ4n) is 2.85. The van der Waals surface area contributed by atoms with Gasteiger partial charge in [0.1, 0.15) is 0 Å². The number of halogens is 3. The van der Waals surface area contributed by atoms with E-state index in [9.17, 15) is 18.0 Å². The third-order valence-corrected chi connectivity index (χ3v) is 4.14. The van der Waals surface area contributed by atoms with Gasteiger partial charge in [0, 0.05) is 44.1 Å². The Bertz CT molecular complexity index is 699. The second-order valence-electron chi connectivity index (χ2n) is 5.88. The SMILES string of the molecule is O=C(c1cnn(CCC(F)(F)F)c1)N1CC[C@H](c2cccnc2)C1. The molecule has 0 aliphatic carbocycles. The first kappa shape index (κ1) is 16.5. The molecule has 3 rings (SSSR count). The fraction of sp³-hybridized carbons (Fsp3) is 0.438. The molecular weight excluding hydrogens is 321 g/mol. The van der Waals surface area contributed by atoms with E-state index in [0.717, 1.165) is 16.7 Å². The molecule has 24 heavy (non-hydrogen) atoms. The van der Waals surface area contributed by atoms with E-state index in [4.69, 9.17) is 0 Å². The molecular formula is C16H17F3N4O. The molecule has 0 radical (unpaired) electrons. The number of likely N-dealkylation sites (tertiary alicyclic amines) is 1. The molecule has 1 amide bonds. The lowest BCUT2D eigenvalue weighted by atomic mass is 10.0. The summed E-state index contributed by atoms with van der Waals surface area (Å²) in [6.45, 7) is 0.916. The van der Waals surface area contributed by atoms with E-state index in [0.29, 0.717) is 18.7 Å². The van der Waals surface area contributed by atoms with Crippen molar-refractivity contribution in [3.05, 3.63) is 48.0 Å². The lowest BCUT2D eigenvalue weighted by Crippen LogP contribution is -2.28. The van der Waals surface area contributed by atoms with Crippen LogP contribution in [0.4, 0.5) is 13.2 Å². The predicted molar refractivity (Wildman–Crippen MR) is 80.4 cm³/mol. The van der Waals surface area contributed by atoms with Gasteiger partial charge in [-0.05, 0) is 18.1 Å². The van der Waals surface area contributed by atoms with Crippen LogP contribution in [0, 0.1) is 0 Å². The minimum Gasteiger partial charge on any atom is -0.338 e. The average Bonchev–Trinajstić information content (AvgIpc) is 3.22. The van der Waals surface area contributed by atoms with Crippen molar-refractivity contribution in [1.82, 2.24) is 19.7 Å². The highest BCUT2D eigenvalue weighted by atomic mass is 19.4. The van der Waals surface area contributed by atoms with Gasteiger partial charge in [-0.3, -0.25) is 14.5 Å². The van der Waals surface area contributed by atoms with E-state index < -0.39 is 12.6 Å². The van der Waals surface area contributed by atoms with E-state index in [-0.39, 0.29) is 18.4 Å². The predicted octanol–water partition coefficient (Wildman–Crippen LogP) is 2.86. The molecule has 0 aromatic carbocycles. The molecule has 2 aromatic heterocycles. The van der Waals surface area contributed by atoms with Crippen molar-refractivity contribution in [2.24, 2.45) is 0 Å². The van der Waals surface area contributed by atoms with Gasteiger partial charge in [0.25, 0.3) is 5.91 Å². The van der Waals surface area contributed by atoms with Gasteiger partial charge in [0.2, 0.25) is 0 Å². The number of carbonyl (C=O) groups excluding carboxylic acids is 1. The van der Waals surface area contributed by atoms with Crippen molar-refractivity contribution in [1.29, 1.82) is 0 Å². The van der Waals surface area contributed by atoms with Gasteiger partial charge in [-0.1, -0.05) is 6.07 Å². The van der Waals surface area contributed by atoms with Gasteiger partial charge >= 0.3 is 6.18 Å². The number of nitrogens with zero attached hydrogens (tertiary/aromatic N) is 4. The van der Waals surface area contributed by atoms with Gasteiger partial charge in [-0.25, -0.2) is 0 Å². The number of hydrogen-bond acceptors (Lipinski definition) is 3. The van der Waals surface area contributed by atoms with Gasteiger partial charge in [-0.15, -0.1) is 0 Å². The second kappa shape index (κ2) is 6.62.